The van der Waals surface area contributed by atoms with Crippen LogP contribution in [-0.2, 0) is 9.53 Å². The number of carbonyl (C=O) groups excluding carboxylic acids is 1. The van der Waals surface area contributed by atoms with Crippen LogP contribution < -0.4 is 0 Å². The molecule has 0 fully saturated rings. The lowest BCUT2D eigenvalue weighted by Gasteiger charge is -2.18. The van der Waals surface area contributed by atoms with Gasteiger partial charge in [0.25, 0.3) is 0 Å². The SMILES string of the molecule is C=CC(=O)OC(CCC)c1cccc2ccccc12. The van der Waals surface area contributed by atoms with Crippen molar-refractivity contribution in [1.29, 1.82) is 0 Å². The minimum atomic E-state index is -0.369. The second kappa shape index (κ2) is 6.19. The van der Waals surface area contributed by atoms with Crippen molar-refractivity contribution in [3.05, 3.63) is 60.7 Å². The van der Waals surface area contributed by atoms with Crippen molar-refractivity contribution < 1.29 is 9.53 Å². The Hall–Kier alpha value is -2.09. The van der Waals surface area contributed by atoms with Crippen LogP contribution in [0.5, 0.6) is 0 Å². The van der Waals surface area contributed by atoms with E-state index in [9.17, 15) is 4.79 Å². The van der Waals surface area contributed by atoms with Gasteiger partial charge in [0, 0.05) is 11.6 Å². The molecular formula is C17H18O2. The number of hydrogen-bond acceptors (Lipinski definition) is 2. The highest BCUT2D eigenvalue weighted by atomic mass is 16.5. The number of benzene rings is 2. The van der Waals surface area contributed by atoms with Crippen molar-refractivity contribution >= 4 is 16.7 Å². The topological polar surface area (TPSA) is 26.3 Å². The Morgan fingerprint density at radius 2 is 2.00 bits per heavy atom. The lowest BCUT2D eigenvalue weighted by atomic mass is 9.98. The molecule has 2 heteroatoms. The smallest absolute Gasteiger partial charge is 0.330 e. The Kier molecular flexibility index (Phi) is 4.35. The fraction of sp³-hybridized carbons (Fsp3) is 0.235. The van der Waals surface area contributed by atoms with Crippen LogP contribution in [-0.4, -0.2) is 5.97 Å². The maximum atomic E-state index is 11.5. The molecule has 0 saturated carbocycles. The van der Waals surface area contributed by atoms with Crippen LogP contribution in [0.25, 0.3) is 10.8 Å². The van der Waals surface area contributed by atoms with Gasteiger partial charge in [-0.25, -0.2) is 4.79 Å². The van der Waals surface area contributed by atoms with Gasteiger partial charge in [0.15, 0.2) is 0 Å². The molecule has 2 aromatic rings. The van der Waals surface area contributed by atoms with E-state index in [2.05, 4.69) is 31.7 Å². The summed E-state index contributed by atoms with van der Waals surface area (Å²) >= 11 is 0. The highest BCUT2D eigenvalue weighted by Crippen LogP contribution is 2.29. The molecule has 2 rings (SSSR count). The summed E-state index contributed by atoms with van der Waals surface area (Å²) in [6, 6.07) is 14.2. The largest absolute Gasteiger partial charge is 0.454 e. The summed E-state index contributed by atoms with van der Waals surface area (Å²) < 4.78 is 5.48. The Balaban J connectivity index is 2.43. The van der Waals surface area contributed by atoms with Crippen LogP contribution in [0.3, 0.4) is 0 Å². The minimum Gasteiger partial charge on any atom is -0.454 e. The van der Waals surface area contributed by atoms with Crippen molar-refractivity contribution in [2.75, 3.05) is 0 Å². The molecule has 0 radical (unpaired) electrons. The van der Waals surface area contributed by atoms with E-state index >= 15 is 0 Å². The second-order valence-corrected chi connectivity index (χ2v) is 4.49. The summed E-state index contributed by atoms with van der Waals surface area (Å²) in [6.07, 6.45) is 2.78. The van der Waals surface area contributed by atoms with Crippen LogP contribution in [0.15, 0.2) is 55.1 Å². The molecule has 0 aliphatic heterocycles. The number of fused-ring (bicyclic) bond motifs is 1. The Labute approximate surface area is 113 Å². The van der Waals surface area contributed by atoms with Gasteiger partial charge in [0.2, 0.25) is 0 Å². The number of rotatable bonds is 5. The second-order valence-electron chi connectivity index (χ2n) is 4.49. The third-order valence-corrected chi connectivity index (χ3v) is 3.15. The van der Waals surface area contributed by atoms with Crippen LogP contribution in [0.4, 0.5) is 0 Å². The zero-order valence-corrected chi connectivity index (χ0v) is 11.1. The third-order valence-electron chi connectivity index (χ3n) is 3.15. The average Bonchev–Trinajstić information content (AvgIpc) is 2.46. The van der Waals surface area contributed by atoms with Gasteiger partial charge in [-0.1, -0.05) is 62.4 Å². The first-order valence-corrected chi connectivity index (χ1v) is 6.57. The number of hydrogen-bond donors (Lipinski definition) is 0. The number of ether oxygens (including phenoxy) is 1. The normalized spacial score (nSPS) is 12.1. The van der Waals surface area contributed by atoms with Gasteiger partial charge in [-0.15, -0.1) is 0 Å². The highest BCUT2D eigenvalue weighted by Gasteiger charge is 2.16. The molecule has 1 atom stereocenters. The highest BCUT2D eigenvalue weighted by molar-refractivity contribution is 5.87. The molecule has 0 aliphatic carbocycles. The van der Waals surface area contributed by atoms with Crippen LogP contribution in [0.2, 0.25) is 0 Å². The van der Waals surface area contributed by atoms with Gasteiger partial charge in [0.1, 0.15) is 6.10 Å². The maximum absolute atomic E-state index is 11.5. The quantitative estimate of drug-likeness (QED) is 0.583. The van der Waals surface area contributed by atoms with Gasteiger partial charge in [-0.3, -0.25) is 0 Å². The van der Waals surface area contributed by atoms with E-state index in [4.69, 9.17) is 4.74 Å². The summed E-state index contributed by atoms with van der Waals surface area (Å²) in [6.45, 7) is 5.54. The summed E-state index contributed by atoms with van der Waals surface area (Å²) in [5, 5.41) is 2.30. The lowest BCUT2D eigenvalue weighted by molar-refractivity contribution is -0.143. The minimum absolute atomic E-state index is 0.207. The summed E-state index contributed by atoms with van der Waals surface area (Å²) in [4.78, 5) is 11.5. The summed E-state index contributed by atoms with van der Waals surface area (Å²) in [5.74, 6) is -0.369. The molecule has 2 aromatic carbocycles. The molecule has 0 spiro atoms. The van der Waals surface area contributed by atoms with Gasteiger partial charge in [-0.05, 0) is 17.2 Å². The van der Waals surface area contributed by atoms with Gasteiger partial charge >= 0.3 is 5.97 Å². The molecule has 1 unspecified atom stereocenters. The molecule has 98 valence electrons. The van der Waals surface area contributed by atoms with Gasteiger partial charge in [-0.2, -0.15) is 0 Å². The third kappa shape index (κ3) is 3.02. The average molecular weight is 254 g/mol. The van der Waals surface area contributed by atoms with Crippen LogP contribution in [0, 0.1) is 0 Å². The van der Waals surface area contributed by atoms with E-state index in [-0.39, 0.29) is 12.1 Å². The van der Waals surface area contributed by atoms with E-state index in [0.29, 0.717) is 0 Å². The van der Waals surface area contributed by atoms with Crippen LogP contribution >= 0.6 is 0 Å². The summed E-state index contributed by atoms with van der Waals surface area (Å²) in [7, 11) is 0. The van der Waals surface area contributed by atoms with Gasteiger partial charge < -0.3 is 4.74 Å². The Bertz CT molecular complexity index is 581. The molecule has 0 saturated heterocycles. The molecular weight excluding hydrogens is 236 g/mol. The molecule has 19 heavy (non-hydrogen) atoms. The molecule has 0 bridgehead atoms. The first-order chi connectivity index (χ1) is 9.26. The van der Waals surface area contributed by atoms with Crippen molar-refractivity contribution in [1.82, 2.24) is 0 Å². The first kappa shape index (κ1) is 13.3. The van der Waals surface area contributed by atoms with E-state index < -0.39 is 0 Å². The fourth-order valence-electron chi connectivity index (χ4n) is 2.26. The Morgan fingerprint density at radius 3 is 2.74 bits per heavy atom. The van der Waals surface area contributed by atoms with Crippen molar-refractivity contribution in [2.45, 2.75) is 25.9 Å². The molecule has 0 aromatic heterocycles. The standard InChI is InChI=1S/C17H18O2/c1-3-8-16(19-17(18)4-2)15-12-7-10-13-9-5-6-11-14(13)15/h4-7,9-12,16H,2-3,8H2,1H3. The lowest BCUT2D eigenvalue weighted by Crippen LogP contribution is -2.09. The predicted octanol–water partition coefficient (Wildman–Crippen LogP) is 4.41. The van der Waals surface area contributed by atoms with E-state index in [0.717, 1.165) is 29.2 Å². The first-order valence-electron chi connectivity index (χ1n) is 6.57. The number of esters is 1. The Morgan fingerprint density at radius 1 is 1.26 bits per heavy atom. The number of carbonyl (C=O) groups is 1. The van der Waals surface area contributed by atoms with Crippen molar-refractivity contribution in [3.63, 3.8) is 0 Å². The maximum Gasteiger partial charge on any atom is 0.330 e. The predicted molar refractivity (Wildman–Crippen MR) is 77.9 cm³/mol. The fourth-order valence-corrected chi connectivity index (χ4v) is 2.26. The molecule has 0 heterocycles. The molecule has 0 amide bonds. The summed E-state index contributed by atoms with van der Waals surface area (Å²) in [5.41, 5.74) is 1.06. The van der Waals surface area contributed by atoms with E-state index in [1.165, 1.54) is 6.08 Å². The molecule has 0 aliphatic rings. The van der Waals surface area contributed by atoms with Crippen LogP contribution in [0.1, 0.15) is 31.4 Å². The zero-order valence-electron chi connectivity index (χ0n) is 11.1. The van der Waals surface area contributed by atoms with Crippen molar-refractivity contribution in [3.8, 4) is 0 Å². The van der Waals surface area contributed by atoms with Crippen molar-refractivity contribution in [2.24, 2.45) is 0 Å². The molecule has 0 N–H and O–H groups in total. The van der Waals surface area contributed by atoms with E-state index in [1.54, 1.807) is 0 Å². The van der Waals surface area contributed by atoms with E-state index in [1.807, 2.05) is 24.3 Å². The zero-order chi connectivity index (χ0) is 13.7. The van der Waals surface area contributed by atoms with Gasteiger partial charge in [0.05, 0.1) is 0 Å². The molecule has 2 nitrogen and oxygen atoms in total. The monoisotopic (exact) mass is 254 g/mol.